The van der Waals surface area contributed by atoms with E-state index in [-0.39, 0.29) is 19.6 Å². The summed E-state index contributed by atoms with van der Waals surface area (Å²) in [7, 11) is 0. The largest absolute Gasteiger partial charge is 0.463 e. The van der Waals surface area contributed by atoms with Gasteiger partial charge in [-0.15, -0.1) is 0 Å². The van der Waals surface area contributed by atoms with Gasteiger partial charge >= 0.3 is 17.6 Å². The maximum atomic E-state index is 14.5. The summed E-state index contributed by atoms with van der Waals surface area (Å²) >= 11 is 0. The van der Waals surface area contributed by atoms with Gasteiger partial charge in [-0.3, -0.25) is 0 Å². The lowest BCUT2D eigenvalue weighted by Crippen LogP contribution is -2.45. The lowest BCUT2D eigenvalue weighted by molar-refractivity contribution is -0.175. The second-order valence-corrected chi connectivity index (χ2v) is 4.53. The van der Waals surface area contributed by atoms with Crippen molar-refractivity contribution in [1.29, 1.82) is 0 Å². The molecule has 0 radical (unpaired) electrons. The third-order valence-corrected chi connectivity index (χ3v) is 2.70. The van der Waals surface area contributed by atoms with Gasteiger partial charge in [-0.1, -0.05) is 40.0 Å². The first-order chi connectivity index (χ1) is 9.02. The van der Waals surface area contributed by atoms with Crippen molar-refractivity contribution in [2.75, 3.05) is 13.2 Å². The van der Waals surface area contributed by atoms with E-state index in [9.17, 15) is 14.0 Å². The van der Waals surface area contributed by atoms with Gasteiger partial charge in [0.15, 0.2) is 0 Å². The van der Waals surface area contributed by atoms with Crippen LogP contribution in [-0.4, -0.2) is 30.8 Å². The molecule has 0 aliphatic carbocycles. The minimum absolute atomic E-state index is 0.132. The molecule has 0 aromatic carbocycles. The summed E-state index contributed by atoms with van der Waals surface area (Å²) in [6, 6.07) is 0. The van der Waals surface area contributed by atoms with E-state index < -0.39 is 17.6 Å². The van der Waals surface area contributed by atoms with Crippen LogP contribution in [0.4, 0.5) is 4.39 Å². The van der Waals surface area contributed by atoms with Crippen LogP contribution < -0.4 is 0 Å². The average molecular weight is 276 g/mol. The molecule has 0 fully saturated rings. The Hall–Kier alpha value is -1.13. The van der Waals surface area contributed by atoms with E-state index >= 15 is 0 Å². The molecule has 0 aromatic heterocycles. The average Bonchev–Trinajstić information content (AvgIpc) is 2.39. The molecule has 112 valence electrons. The highest BCUT2D eigenvalue weighted by Crippen LogP contribution is 2.23. The van der Waals surface area contributed by atoms with E-state index in [0.717, 1.165) is 12.8 Å². The molecular formula is C14H25FO4. The summed E-state index contributed by atoms with van der Waals surface area (Å²) in [6.45, 7) is 5.83. The second-order valence-electron chi connectivity index (χ2n) is 4.53. The normalized spacial score (nSPS) is 11.2. The lowest BCUT2D eigenvalue weighted by Gasteiger charge is -2.21. The number of carbonyl (C=O) groups is 2. The zero-order chi connectivity index (χ0) is 14.7. The van der Waals surface area contributed by atoms with Crippen molar-refractivity contribution in [3.63, 3.8) is 0 Å². The summed E-state index contributed by atoms with van der Waals surface area (Å²) in [5, 5.41) is 0. The highest BCUT2D eigenvalue weighted by atomic mass is 19.1. The molecule has 0 amide bonds. The van der Waals surface area contributed by atoms with Gasteiger partial charge in [0.05, 0.1) is 13.2 Å². The van der Waals surface area contributed by atoms with E-state index in [1.165, 1.54) is 0 Å². The monoisotopic (exact) mass is 276 g/mol. The van der Waals surface area contributed by atoms with Crippen molar-refractivity contribution in [3.8, 4) is 0 Å². The molecule has 0 unspecified atom stereocenters. The Morgan fingerprint density at radius 2 is 1.32 bits per heavy atom. The van der Waals surface area contributed by atoms with E-state index in [0.29, 0.717) is 19.3 Å². The van der Waals surface area contributed by atoms with Gasteiger partial charge in [-0.05, 0) is 12.8 Å². The van der Waals surface area contributed by atoms with E-state index in [1.54, 1.807) is 6.92 Å². The van der Waals surface area contributed by atoms with Crippen molar-refractivity contribution in [1.82, 2.24) is 0 Å². The van der Waals surface area contributed by atoms with Crippen LogP contribution in [0.25, 0.3) is 0 Å². The Balaban J connectivity index is 4.53. The van der Waals surface area contributed by atoms with Crippen LogP contribution in [-0.2, 0) is 19.1 Å². The fourth-order valence-corrected chi connectivity index (χ4v) is 1.48. The van der Waals surface area contributed by atoms with Crippen LogP contribution in [0.1, 0.15) is 59.3 Å². The fraction of sp³-hybridized carbons (Fsp3) is 0.857. The highest BCUT2D eigenvalue weighted by Gasteiger charge is 2.49. The van der Waals surface area contributed by atoms with Crippen LogP contribution in [0.5, 0.6) is 0 Å². The van der Waals surface area contributed by atoms with E-state index in [1.807, 2.05) is 13.8 Å². The highest BCUT2D eigenvalue weighted by molar-refractivity contribution is 6.03. The number of rotatable bonds is 10. The van der Waals surface area contributed by atoms with Gasteiger partial charge < -0.3 is 9.47 Å². The molecule has 0 heterocycles. The summed E-state index contributed by atoms with van der Waals surface area (Å²) in [5.74, 6) is -2.24. The number of ether oxygens (including phenoxy) is 2. The predicted molar refractivity (Wildman–Crippen MR) is 70.5 cm³/mol. The van der Waals surface area contributed by atoms with Crippen molar-refractivity contribution in [3.05, 3.63) is 0 Å². The first-order valence-corrected chi connectivity index (χ1v) is 7.06. The lowest BCUT2D eigenvalue weighted by atomic mass is 10.0. The molecule has 0 saturated carbocycles. The maximum absolute atomic E-state index is 14.5. The number of hydrogen-bond acceptors (Lipinski definition) is 4. The van der Waals surface area contributed by atoms with Gasteiger partial charge in [0.25, 0.3) is 0 Å². The molecule has 0 saturated heterocycles. The Morgan fingerprint density at radius 3 is 1.63 bits per heavy atom. The number of alkyl halides is 1. The Bertz CT molecular complexity index is 257. The standard InChI is InChI=1S/C14H25FO4/c1-4-7-10-18-12(16)14(15,9-6-3)13(17)19-11-8-5-2/h4-11H2,1-3H3. The van der Waals surface area contributed by atoms with Crippen molar-refractivity contribution >= 4 is 11.9 Å². The molecule has 4 nitrogen and oxygen atoms in total. The summed E-state index contributed by atoms with van der Waals surface area (Å²) in [4.78, 5) is 23.4. The van der Waals surface area contributed by atoms with Crippen LogP contribution in [0.15, 0.2) is 0 Å². The maximum Gasteiger partial charge on any atom is 0.355 e. The van der Waals surface area contributed by atoms with Gasteiger partial charge in [-0.25, -0.2) is 14.0 Å². The molecule has 0 bridgehead atoms. The SMILES string of the molecule is CCCCOC(=O)C(F)(CCC)C(=O)OCCCC. The third kappa shape index (κ3) is 6.03. The predicted octanol–water partition coefficient (Wildman–Crippen LogP) is 3.18. The molecule has 5 heteroatoms. The molecule has 19 heavy (non-hydrogen) atoms. The van der Waals surface area contributed by atoms with Crippen LogP contribution in [0.2, 0.25) is 0 Å². The number of carbonyl (C=O) groups excluding carboxylic acids is 2. The number of hydrogen-bond donors (Lipinski definition) is 0. The molecule has 0 aromatic rings. The third-order valence-electron chi connectivity index (χ3n) is 2.70. The molecule has 0 spiro atoms. The van der Waals surface area contributed by atoms with Crippen LogP contribution in [0, 0.1) is 0 Å². The van der Waals surface area contributed by atoms with E-state index in [4.69, 9.17) is 9.47 Å². The van der Waals surface area contributed by atoms with Gasteiger partial charge in [0.1, 0.15) is 0 Å². The van der Waals surface area contributed by atoms with Gasteiger partial charge in [0.2, 0.25) is 0 Å². The summed E-state index contributed by atoms with van der Waals surface area (Å²) in [6.07, 6.45) is 3.13. The Kier molecular flexibility index (Phi) is 9.17. The molecule has 0 rings (SSSR count). The topological polar surface area (TPSA) is 52.6 Å². The first kappa shape index (κ1) is 17.9. The second kappa shape index (κ2) is 9.75. The zero-order valence-corrected chi connectivity index (χ0v) is 12.2. The number of esters is 2. The van der Waals surface area contributed by atoms with Crippen LogP contribution >= 0.6 is 0 Å². The van der Waals surface area contributed by atoms with Crippen molar-refractivity contribution in [2.45, 2.75) is 65.0 Å². The molecule has 0 aliphatic heterocycles. The Labute approximate surface area is 114 Å². The number of halogens is 1. The van der Waals surface area contributed by atoms with Crippen molar-refractivity contribution in [2.24, 2.45) is 0 Å². The number of unbranched alkanes of at least 4 members (excludes halogenated alkanes) is 2. The molecule has 0 N–H and O–H groups in total. The summed E-state index contributed by atoms with van der Waals surface area (Å²) in [5.41, 5.74) is -2.66. The minimum Gasteiger partial charge on any atom is -0.463 e. The molecule has 0 atom stereocenters. The first-order valence-electron chi connectivity index (χ1n) is 7.06. The molecule has 0 aliphatic rings. The fourth-order valence-electron chi connectivity index (χ4n) is 1.48. The zero-order valence-electron chi connectivity index (χ0n) is 12.2. The van der Waals surface area contributed by atoms with E-state index in [2.05, 4.69) is 0 Å². The van der Waals surface area contributed by atoms with Crippen LogP contribution in [0.3, 0.4) is 0 Å². The Morgan fingerprint density at radius 1 is 0.895 bits per heavy atom. The molecular weight excluding hydrogens is 251 g/mol. The van der Waals surface area contributed by atoms with Gasteiger partial charge in [0, 0.05) is 6.42 Å². The smallest absolute Gasteiger partial charge is 0.355 e. The van der Waals surface area contributed by atoms with Crippen molar-refractivity contribution < 1.29 is 23.5 Å². The van der Waals surface area contributed by atoms with Gasteiger partial charge in [-0.2, -0.15) is 0 Å². The summed E-state index contributed by atoms with van der Waals surface area (Å²) < 4.78 is 24.1. The minimum atomic E-state index is -2.66. The quantitative estimate of drug-likeness (QED) is 0.349.